The van der Waals surface area contributed by atoms with Gasteiger partial charge in [0.1, 0.15) is 23.8 Å². The standard InChI is InChI=1S/C15H14NO4/c1-19-12-6-4-5-11(9-12)15(17)10-20-14-8-3-2-7-13(14)16(15)18/h2-9,17H,10H2,1H3. The molecule has 2 aromatic rings. The Labute approximate surface area is 116 Å². The highest BCUT2D eigenvalue weighted by Gasteiger charge is 2.43. The van der Waals surface area contributed by atoms with Crippen LogP contribution in [-0.4, -0.2) is 18.8 Å². The van der Waals surface area contributed by atoms with Crippen LogP contribution in [0.2, 0.25) is 0 Å². The summed E-state index contributed by atoms with van der Waals surface area (Å²) in [5, 5.41) is 23.8. The van der Waals surface area contributed by atoms with Crippen LogP contribution in [0.3, 0.4) is 0 Å². The highest BCUT2D eigenvalue weighted by atomic mass is 16.6. The Morgan fingerprint density at radius 2 is 2.05 bits per heavy atom. The van der Waals surface area contributed by atoms with Gasteiger partial charge in [-0.3, -0.25) is 0 Å². The number of fused-ring (bicyclic) bond motifs is 1. The lowest BCUT2D eigenvalue weighted by Crippen LogP contribution is -2.50. The van der Waals surface area contributed by atoms with Crippen LogP contribution in [-0.2, 0) is 10.9 Å². The first-order valence-corrected chi connectivity index (χ1v) is 6.21. The summed E-state index contributed by atoms with van der Waals surface area (Å²) in [6.07, 6.45) is 0. The molecule has 5 nitrogen and oxygen atoms in total. The van der Waals surface area contributed by atoms with Gasteiger partial charge >= 0.3 is 0 Å². The molecular weight excluding hydrogens is 258 g/mol. The second kappa shape index (κ2) is 4.70. The van der Waals surface area contributed by atoms with Gasteiger partial charge in [-0.05, 0) is 24.3 Å². The van der Waals surface area contributed by atoms with E-state index in [1.54, 1.807) is 48.5 Å². The topological polar surface area (TPSA) is 61.8 Å². The van der Waals surface area contributed by atoms with Gasteiger partial charge in [0.2, 0.25) is 5.72 Å². The second-order valence-corrected chi connectivity index (χ2v) is 4.60. The van der Waals surface area contributed by atoms with Crippen LogP contribution in [0, 0.1) is 0 Å². The number of benzene rings is 2. The van der Waals surface area contributed by atoms with Crippen molar-refractivity contribution in [1.82, 2.24) is 0 Å². The van der Waals surface area contributed by atoms with Crippen LogP contribution >= 0.6 is 0 Å². The highest BCUT2D eigenvalue weighted by molar-refractivity contribution is 5.60. The molecule has 1 aliphatic heterocycles. The normalized spacial score (nSPS) is 21.1. The molecule has 0 aromatic heterocycles. The molecule has 2 aromatic carbocycles. The van der Waals surface area contributed by atoms with Crippen molar-refractivity contribution in [3.8, 4) is 11.5 Å². The molecule has 0 amide bonds. The van der Waals surface area contributed by atoms with E-state index in [0.29, 0.717) is 27.8 Å². The maximum absolute atomic E-state index is 12.5. The van der Waals surface area contributed by atoms with E-state index in [0.717, 1.165) is 0 Å². The van der Waals surface area contributed by atoms with Crippen LogP contribution in [0.1, 0.15) is 5.56 Å². The first kappa shape index (κ1) is 12.8. The summed E-state index contributed by atoms with van der Waals surface area (Å²) in [5.41, 5.74) is -1.02. The van der Waals surface area contributed by atoms with Crippen molar-refractivity contribution in [2.24, 2.45) is 0 Å². The van der Waals surface area contributed by atoms with E-state index >= 15 is 0 Å². The zero-order chi connectivity index (χ0) is 14.2. The third-order valence-corrected chi connectivity index (χ3v) is 3.38. The smallest absolute Gasteiger partial charge is 0.226 e. The molecule has 1 radical (unpaired) electrons. The first-order valence-electron chi connectivity index (χ1n) is 6.21. The molecule has 1 aliphatic rings. The lowest BCUT2D eigenvalue weighted by atomic mass is 10.0. The van der Waals surface area contributed by atoms with E-state index in [1.165, 1.54) is 7.11 Å². The highest BCUT2D eigenvalue weighted by Crippen LogP contribution is 2.40. The number of hydrogen-bond acceptors (Lipinski definition) is 4. The number of ether oxygens (including phenoxy) is 2. The van der Waals surface area contributed by atoms with Gasteiger partial charge in [0.05, 0.1) is 7.11 Å². The number of para-hydroxylation sites is 2. The molecule has 0 saturated heterocycles. The van der Waals surface area contributed by atoms with Crippen molar-refractivity contribution in [2.75, 3.05) is 18.8 Å². The van der Waals surface area contributed by atoms with E-state index in [9.17, 15) is 10.3 Å². The van der Waals surface area contributed by atoms with Gasteiger partial charge in [-0.25, -0.2) is 0 Å². The van der Waals surface area contributed by atoms with Crippen molar-refractivity contribution < 1.29 is 19.8 Å². The summed E-state index contributed by atoms with van der Waals surface area (Å²) >= 11 is 0. The molecule has 0 aliphatic carbocycles. The average Bonchev–Trinajstić information content (AvgIpc) is 2.51. The van der Waals surface area contributed by atoms with E-state index in [-0.39, 0.29) is 6.61 Å². The minimum absolute atomic E-state index is 0.138. The number of nitrogens with zero attached hydrogens (tertiary/aromatic N) is 1. The maximum Gasteiger partial charge on any atom is 0.226 e. The Morgan fingerprint density at radius 3 is 2.85 bits per heavy atom. The van der Waals surface area contributed by atoms with Gasteiger partial charge in [-0.1, -0.05) is 29.5 Å². The third kappa shape index (κ3) is 1.88. The molecule has 1 heterocycles. The lowest BCUT2D eigenvalue weighted by molar-refractivity contribution is -0.106. The van der Waals surface area contributed by atoms with Gasteiger partial charge in [0, 0.05) is 5.56 Å². The Bertz CT molecular complexity index is 631. The van der Waals surface area contributed by atoms with Gasteiger partial charge in [0.15, 0.2) is 0 Å². The average molecular weight is 272 g/mol. The molecular formula is C15H14NO4. The van der Waals surface area contributed by atoms with Crippen LogP contribution in [0.4, 0.5) is 5.69 Å². The van der Waals surface area contributed by atoms with Crippen LogP contribution in [0.25, 0.3) is 0 Å². The fourth-order valence-electron chi connectivity index (χ4n) is 2.26. The predicted molar refractivity (Wildman–Crippen MR) is 72.0 cm³/mol. The molecule has 1 N–H and O–H groups in total. The van der Waals surface area contributed by atoms with E-state index in [2.05, 4.69) is 0 Å². The fraction of sp³-hybridized carbons (Fsp3) is 0.200. The number of hydroxylamine groups is 1. The summed E-state index contributed by atoms with van der Waals surface area (Å²) in [6.45, 7) is -0.138. The molecule has 3 rings (SSSR count). The van der Waals surface area contributed by atoms with Crippen LogP contribution < -0.4 is 14.5 Å². The molecule has 0 spiro atoms. The summed E-state index contributed by atoms with van der Waals surface area (Å²) in [5.74, 6) is 1.04. The lowest BCUT2D eigenvalue weighted by Gasteiger charge is -2.39. The van der Waals surface area contributed by atoms with Crippen LogP contribution in [0.5, 0.6) is 11.5 Å². The quantitative estimate of drug-likeness (QED) is 0.909. The molecule has 1 atom stereocenters. The van der Waals surface area contributed by atoms with E-state index in [4.69, 9.17) is 9.47 Å². The fourth-order valence-corrected chi connectivity index (χ4v) is 2.26. The summed E-state index contributed by atoms with van der Waals surface area (Å²) in [7, 11) is 1.53. The van der Waals surface area contributed by atoms with Crippen LogP contribution in [0.15, 0.2) is 48.5 Å². The second-order valence-electron chi connectivity index (χ2n) is 4.60. The van der Waals surface area contributed by atoms with Gasteiger partial charge in [0.25, 0.3) is 0 Å². The molecule has 20 heavy (non-hydrogen) atoms. The molecule has 0 saturated carbocycles. The van der Waals surface area contributed by atoms with E-state index in [1.807, 2.05) is 0 Å². The monoisotopic (exact) mass is 272 g/mol. The summed E-state index contributed by atoms with van der Waals surface area (Å²) in [4.78, 5) is 0. The molecule has 5 heteroatoms. The van der Waals surface area contributed by atoms with Crippen molar-refractivity contribution in [2.45, 2.75) is 5.72 Å². The summed E-state index contributed by atoms with van der Waals surface area (Å²) < 4.78 is 10.6. The van der Waals surface area contributed by atoms with Gasteiger partial charge in [-0.15, -0.1) is 0 Å². The summed E-state index contributed by atoms with van der Waals surface area (Å²) in [6, 6.07) is 13.6. The van der Waals surface area contributed by atoms with E-state index < -0.39 is 5.72 Å². The van der Waals surface area contributed by atoms with Crippen molar-refractivity contribution in [3.63, 3.8) is 0 Å². The minimum atomic E-state index is -1.76. The van der Waals surface area contributed by atoms with Crippen molar-refractivity contribution in [1.29, 1.82) is 0 Å². The largest absolute Gasteiger partial charge is 0.497 e. The Kier molecular flexibility index (Phi) is 3.00. The molecule has 0 bridgehead atoms. The zero-order valence-electron chi connectivity index (χ0n) is 10.9. The van der Waals surface area contributed by atoms with Gasteiger partial charge in [-0.2, -0.15) is 5.06 Å². The third-order valence-electron chi connectivity index (χ3n) is 3.38. The SMILES string of the molecule is COc1cccc(C2(O)COc3ccccc3N2[O])c1. The molecule has 1 unspecified atom stereocenters. The first-order chi connectivity index (χ1) is 9.65. The van der Waals surface area contributed by atoms with Crippen molar-refractivity contribution >= 4 is 5.69 Å². The zero-order valence-corrected chi connectivity index (χ0v) is 10.9. The number of anilines is 1. The predicted octanol–water partition coefficient (Wildman–Crippen LogP) is 2.08. The maximum atomic E-state index is 12.5. The molecule has 0 fully saturated rings. The number of methoxy groups -OCH3 is 1. The Balaban J connectivity index is 2.04. The number of hydrogen-bond donors (Lipinski definition) is 1. The van der Waals surface area contributed by atoms with Gasteiger partial charge < -0.3 is 14.6 Å². The van der Waals surface area contributed by atoms with Crippen molar-refractivity contribution in [3.05, 3.63) is 54.1 Å². The Hall–Kier alpha value is -2.24. The Morgan fingerprint density at radius 1 is 1.25 bits per heavy atom. The number of rotatable bonds is 2. The minimum Gasteiger partial charge on any atom is -0.497 e. The number of aliphatic hydroxyl groups is 1. The molecule has 103 valence electrons.